The Morgan fingerprint density at radius 2 is 2.31 bits per heavy atom. The molecule has 0 aliphatic carbocycles. The fraction of sp³-hybridized carbons (Fsp3) is 0.526. The molecule has 1 atom stereocenters. The topological polar surface area (TPSA) is 80.5 Å². The maximum Gasteiger partial charge on any atom is 0.273 e. The van der Waals surface area contributed by atoms with E-state index in [4.69, 9.17) is 9.15 Å². The highest BCUT2D eigenvalue weighted by molar-refractivity contribution is 5.91. The number of pyridine rings is 1. The zero-order valence-corrected chi connectivity index (χ0v) is 15.4. The number of oxazole rings is 1. The van der Waals surface area contributed by atoms with Crippen LogP contribution in [0.2, 0.25) is 0 Å². The molecule has 1 fully saturated rings. The van der Waals surface area contributed by atoms with E-state index in [1.807, 2.05) is 19.2 Å². The number of hydrogen-bond acceptors (Lipinski definition) is 6. The summed E-state index contributed by atoms with van der Waals surface area (Å²) in [6, 6.07) is 1.93. The zero-order valence-electron chi connectivity index (χ0n) is 15.4. The largest absolute Gasteiger partial charge is 0.447 e. The van der Waals surface area contributed by atoms with Crippen LogP contribution >= 0.6 is 0 Å². The van der Waals surface area contributed by atoms with Crippen LogP contribution in [0.4, 0.5) is 0 Å². The molecular weight excluding hydrogens is 332 g/mol. The monoisotopic (exact) mass is 358 g/mol. The van der Waals surface area contributed by atoms with E-state index in [9.17, 15) is 4.79 Å². The number of amides is 1. The van der Waals surface area contributed by atoms with Crippen molar-refractivity contribution in [3.8, 4) is 0 Å². The number of likely N-dealkylation sites (tertiary alicyclic amines) is 1. The maximum absolute atomic E-state index is 12.3. The highest BCUT2D eigenvalue weighted by Gasteiger charge is 2.24. The standard InChI is InChI=1S/C19H26N4O3/c1-3-14-9-20-7-5-15(14)10-21-19(24)17-13-26-18(22-17)12-23-8-6-16(11-23)25-4-2/h5,7,9,13,16H,3-4,6,8,10-12H2,1-2H3,(H,21,24). The van der Waals surface area contributed by atoms with Crippen molar-refractivity contribution in [2.75, 3.05) is 19.7 Å². The van der Waals surface area contributed by atoms with Gasteiger partial charge in [0.1, 0.15) is 6.26 Å². The van der Waals surface area contributed by atoms with Crippen LogP contribution < -0.4 is 5.32 Å². The van der Waals surface area contributed by atoms with Crippen molar-refractivity contribution in [3.63, 3.8) is 0 Å². The number of hydrogen-bond donors (Lipinski definition) is 1. The van der Waals surface area contributed by atoms with Gasteiger partial charge in [-0.05, 0) is 37.0 Å². The average Bonchev–Trinajstić information content (AvgIpc) is 3.30. The molecule has 0 aromatic carbocycles. The third-order valence-corrected chi connectivity index (χ3v) is 4.60. The lowest BCUT2D eigenvalue weighted by atomic mass is 10.1. The van der Waals surface area contributed by atoms with Gasteiger partial charge in [0.2, 0.25) is 5.89 Å². The van der Waals surface area contributed by atoms with Crippen LogP contribution in [0.15, 0.2) is 29.1 Å². The normalized spacial score (nSPS) is 17.5. The summed E-state index contributed by atoms with van der Waals surface area (Å²) in [5.74, 6) is 0.331. The summed E-state index contributed by atoms with van der Waals surface area (Å²) in [5, 5.41) is 2.90. The minimum absolute atomic E-state index is 0.229. The predicted molar refractivity (Wildman–Crippen MR) is 96.6 cm³/mol. The molecule has 0 saturated carbocycles. The Hall–Kier alpha value is -2.25. The molecule has 1 aliphatic rings. The fourth-order valence-corrected chi connectivity index (χ4v) is 3.20. The molecule has 1 aliphatic heterocycles. The number of carbonyl (C=O) groups is 1. The fourth-order valence-electron chi connectivity index (χ4n) is 3.20. The number of nitrogens with one attached hydrogen (secondary N) is 1. The lowest BCUT2D eigenvalue weighted by molar-refractivity contribution is 0.0675. The maximum atomic E-state index is 12.3. The first-order valence-corrected chi connectivity index (χ1v) is 9.17. The number of rotatable bonds is 8. The third kappa shape index (κ3) is 4.68. The summed E-state index contributed by atoms with van der Waals surface area (Å²) in [7, 11) is 0. The minimum Gasteiger partial charge on any atom is -0.447 e. The molecule has 7 heteroatoms. The van der Waals surface area contributed by atoms with Gasteiger partial charge in [-0.1, -0.05) is 6.92 Å². The van der Waals surface area contributed by atoms with Gasteiger partial charge in [0, 0.05) is 38.6 Å². The number of aromatic nitrogens is 2. The number of nitrogens with zero attached hydrogens (tertiary/aromatic N) is 3. The average molecular weight is 358 g/mol. The van der Waals surface area contributed by atoms with Gasteiger partial charge in [0.05, 0.1) is 12.6 Å². The Morgan fingerprint density at radius 3 is 3.12 bits per heavy atom. The van der Waals surface area contributed by atoms with Crippen LogP contribution in [0.1, 0.15) is 47.8 Å². The molecule has 140 valence electrons. The molecule has 0 bridgehead atoms. The number of aryl methyl sites for hydroxylation is 1. The van der Waals surface area contributed by atoms with Crippen LogP contribution in [-0.4, -0.2) is 46.6 Å². The van der Waals surface area contributed by atoms with Gasteiger partial charge in [0.15, 0.2) is 5.69 Å². The van der Waals surface area contributed by atoms with Crippen molar-refractivity contribution in [2.45, 2.75) is 45.9 Å². The summed E-state index contributed by atoms with van der Waals surface area (Å²) in [4.78, 5) is 23.0. The van der Waals surface area contributed by atoms with Gasteiger partial charge in [0.25, 0.3) is 5.91 Å². The Labute approximate surface area is 153 Å². The Bertz CT molecular complexity index is 731. The van der Waals surface area contributed by atoms with E-state index in [1.54, 1.807) is 6.20 Å². The van der Waals surface area contributed by atoms with E-state index in [2.05, 4.69) is 27.1 Å². The van der Waals surface area contributed by atoms with E-state index >= 15 is 0 Å². The molecule has 2 aromatic rings. The van der Waals surface area contributed by atoms with E-state index < -0.39 is 0 Å². The Kier molecular flexibility index (Phi) is 6.35. The van der Waals surface area contributed by atoms with Crippen molar-refractivity contribution in [1.82, 2.24) is 20.2 Å². The molecule has 0 radical (unpaired) electrons. The van der Waals surface area contributed by atoms with Gasteiger partial charge >= 0.3 is 0 Å². The smallest absolute Gasteiger partial charge is 0.273 e. The Balaban J connectivity index is 1.52. The number of carbonyl (C=O) groups excluding carboxylic acids is 1. The van der Waals surface area contributed by atoms with Crippen LogP contribution in [0, 0.1) is 0 Å². The molecule has 26 heavy (non-hydrogen) atoms. The summed E-state index contributed by atoms with van der Waals surface area (Å²) in [6.07, 6.45) is 7.18. The predicted octanol–water partition coefficient (Wildman–Crippen LogP) is 2.17. The highest BCUT2D eigenvalue weighted by atomic mass is 16.5. The molecule has 1 N–H and O–H groups in total. The van der Waals surface area contributed by atoms with Crippen molar-refractivity contribution >= 4 is 5.91 Å². The quantitative estimate of drug-likeness (QED) is 0.779. The summed E-state index contributed by atoms with van der Waals surface area (Å²) < 4.78 is 11.1. The molecule has 2 aromatic heterocycles. The van der Waals surface area contributed by atoms with E-state index in [1.165, 1.54) is 6.26 Å². The van der Waals surface area contributed by atoms with Crippen LogP contribution in [0.5, 0.6) is 0 Å². The summed E-state index contributed by atoms with van der Waals surface area (Å²) >= 11 is 0. The van der Waals surface area contributed by atoms with Gasteiger partial charge in [-0.2, -0.15) is 0 Å². The molecular formula is C19H26N4O3. The lowest BCUT2D eigenvalue weighted by Crippen LogP contribution is -2.25. The van der Waals surface area contributed by atoms with Gasteiger partial charge in [-0.3, -0.25) is 14.7 Å². The van der Waals surface area contributed by atoms with Gasteiger partial charge in [-0.25, -0.2) is 4.98 Å². The molecule has 1 amide bonds. The number of ether oxygens (including phenoxy) is 1. The van der Waals surface area contributed by atoms with Crippen LogP contribution in [-0.2, 0) is 24.2 Å². The second-order valence-corrected chi connectivity index (χ2v) is 6.41. The summed E-state index contributed by atoms with van der Waals surface area (Å²) in [6.45, 7) is 7.70. The van der Waals surface area contributed by atoms with E-state index in [0.29, 0.717) is 24.7 Å². The van der Waals surface area contributed by atoms with E-state index in [0.717, 1.165) is 43.7 Å². The molecule has 3 rings (SSSR count). The van der Waals surface area contributed by atoms with Crippen molar-refractivity contribution in [3.05, 3.63) is 47.4 Å². The van der Waals surface area contributed by atoms with Gasteiger partial charge < -0.3 is 14.5 Å². The molecule has 0 spiro atoms. The Morgan fingerprint density at radius 1 is 1.42 bits per heavy atom. The lowest BCUT2D eigenvalue weighted by Gasteiger charge is -2.13. The van der Waals surface area contributed by atoms with E-state index in [-0.39, 0.29) is 12.0 Å². The highest BCUT2D eigenvalue weighted by Crippen LogP contribution is 2.16. The molecule has 7 nitrogen and oxygen atoms in total. The SMILES string of the molecule is CCOC1CCN(Cc2nc(C(=O)NCc3ccncc3CC)co2)C1. The molecule has 1 unspecified atom stereocenters. The molecule has 1 saturated heterocycles. The first kappa shape index (κ1) is 18.5. The van der Waals surface area contributed by atoms with Crippen molar-refractivity contribution in [2.24, 2.45) is 0 Å². The van der Waals surface area contributed by atoms with Crippen LogP contribution in [0.25, 0.3) is 0 Å². The zero-order chi connectivity index (χ0) is 18.4. The van der Waals surface area contributed by atoms with Crippen LogP contribution in [0.3, 0.4) is 0 Å². The molecule has 3 heterocycles. The first-order chi connectivity index (χ1) is 12.7. The first-order valence-electron chi connectivity index (χ1n) is 9.17. The minimum atomic E-state index is -0.229. The third-order valence-electron chi connectivity index (χ3n) is 4.60. The second-order valence-electron chi connectivity index (χ2n) is 6.41. The van der Waals surface area contributed by atoms with Crippen molar-refractivity contribution < 1.29 is 13.9 Å². The van der Waals surface area contributed by atoms with Gasteiger partial charge in [-0.15, -0.1) is 0 Å². The summed E-state index contributed by atoms with van der Waals surface area (Å²) in [5.41, 5.74) is 2.51. The second kappa shape index (κ2) is 8.91. The van der Waals surface area contributed by atoms with Crippen molar-refractivity contribution in [1.29, 1.82) is 0 Å².